The van der Waals surface area contributed by atoms with E-state index in [9.17, 15) is 4.79 Å². The van der Waals surface area contributed by atoms with Gasteiger partial charge < -0.3 is 15.0 Å². The first-order valence-corrected chi connectivity index (χ1v) is 9.33. The second-order valence-corrected chi connectivity index (χ2v) is 6.68. The van der Waals surface area contributed by atoms with Crippen molar-refractivity contribution in [3.8, 4) is 17.1 Å². The van der Waals surface area contributed by atoms with Gasteiger partial charge in [-0.1, -0.05) is 42.5 Å². The lowest BCUT2D eigenvalue weighted by Crippen LogP contribution is -2.36. The van der Waals surface area contributed by atoms with Crippen molar-refractivity contribution in [2.45, 2.75) is 12.8 Å². The van der Waals surface area contributed by atoms with Gasteiger partial charge in [0.1, 0.15) is 5.75 Å². The summed E-state index contributed by atoms with van der Waals surface area (Å²) < 4.78 is 5.47. The number of nitrogens with one attached hydrogen (secondary N) is 1. The van der Waals surface area contributed by atoms with E-state index in [4.69, 9.17) is 4.74 Å². The van der Waals surface area contributed by atoms with Gasteiger partial charge in [-0.2, -0.15) is 0 Å². The van der Waals surface area contributed by atoms with Crippen LogP contribution in [0.2, 0.25) is 0 Å². The third-order valence-electron chi connectivity index (χ3n) is 4.96. The minimum Gasteiger partial charge on any atom is -0.496 e. The number of ether oxygens (including phenoxy) is 1. The second-order valence-electron chi connectivity index (χ2n) is 6.68. The molecule has 28 heavy (non-hydrogen) atoms. The maximum absolute atomic E-state index is 12.7. The fourth-order valence-electron chi connectivity index (χ4n) is 3.47. The van der Waals surface area contributed by atoms with Crippen molar-refractivity contribution < 1.29 is 9.53 Å². The van der Waals surface area contributed by atoms with Crippen LogP contribution in [0.25, 0.3) is 11.4 Å². The maximum Gasteiger partial charge on any atom is 0.321 e. The molecule has 3 aromatic rings. The summed E-state index contributed by atoms with van der Waals surface area (Å²) in [4.78, 5) is 23.3. The molecule has 2 aromatic carbocycles. The number of benzene rings is 2. The molecule has 0 saturated carbocycles. The van der Waals surface area contributed by atoms with Gasteiger partial charge in [0.15, 0.2) is 5.82 Å². The smallest absolute Gasteiger partial charge is 0.321 e. The number of carbonyl (C=O) groups excluding carboxylic acids is 1. The molecule has 2 heterocycles. The van der Waals surface area contributed by atoms with Crippen LogP contribution in [0.5, 0.6) is 5.75 Å². The Hall–Kier alpha value is -3.41. The molecule has 0 radical (unpaired) electrons. The summed E-state index contributed by atoms with van der Waals surface area (Å²) in [6.07, 6.45) is 4.87. The van der Waals surface area contributed by atoms with Crippen molar-refractivity contribution in [3.63, 3.8) is 0 Å². The second kappa shape index (κ2) is 8.08. The number of hydrogen-bond donors (Lipinski definition) is 1. The minimum absolute atomic E-state index is 0.136. The van der Waals surface area contributed by atoms with Gasteiger partial charge in [0.2, 0.25) is 0 Å². The number of aromatic nitrogens is 2. The van der Waals surface area contributed by atoms with Gasteiger partial charge in [-0.15, -0.1) is 0 Å². The Kier molecular flexibility index (Phi) is 5.19. The maximum atomic E-state index is 12.7. The quantitative estimate of drug-likeness (QED) is 0.757. The molecule has 0 spiro atoms. The van der Waals surface area contributed by atoms with E-state index in [0.29, 0.717) is 24.6 Å². The Balaban J connectivity index is 1.42. The Morgan fingerprint density at radius 1 is 1.00 bits per heavy atom. The molecular weight excluding hydrogens is 352 g/mol. The molecular formula is C22H22N4O2. The van der Waals surface area contributed by atoms with E-state index < -0.39 is 0 Å². The van der Waals surface area contributed by atoms with Crippen LogP contribution in [0, 0.1) is 0 Å². The molecule has 142 valence electrons. The normalized spacial score (nSPS) is 13.4. The van der Waals surface area contributed by atoms with Gasteiger partial charge in [-0.05, 0) is 30.0 Å². The van der Waals surface area contributed by atoms with Crippen LogP contribution in [0.15, 0.2) is 60.9 Å². The number of methoxy groups -OCH3 is 1. The first-order valence-electron chi connectivity index (χ1n) is 9.33. The number of amides is 2. The zero-order valence-electron chi connectivity index (χ0n) is 15.8. The van der Waals surface area contributed by atoms with Crippen LogP contribution in [0.4, 0.5) is 10.5 Å². The Labute approximate surface area is 164 Å². The molecule has 1 aromatic heterocycles. The molecule has 1 aliphatic rings. The van der Waals surface area contributed by atoms with Gasteiger partial charge in [0.25, 0.3) is 0 Å². The predicted octanol–water partition coefficient (Wildman–Crippen LogP) is 3.78. The summed E-state index contributed by atoms with van der Waals surface area (Å²) in [5, 5.41) is 2.90. The highest BCUT2D eigenvalue weighted by molar-refractivity contribution is 5.89. The van der Waals surface area contributed by atoms with E-state index in [1.54, 1.807) is 19.5 Å². The Bertz CT molecular complexity index is 958. The Morgan fingerprint density at radius 2 is 1.75 bits per heavy atom. The lowest BCUT2D eigenvalue weighted by atomic mass is 10.0. The van der Waals surface area contributed by atoms with Crippen molar-refractivity contribution in [2.24, 2.45) is 0 Å². The summed E-state index contributed by atoms with van der Waals surface area (Å²) in [5.74, 6) is 1.53. The highest BCUT2D eigenvalue weighted by atomic mass is 16.5. The van der Waals surface area contributed by atoms with Crippen molar-refractivity contribution in [1.82, 2.24) is 14.9 Å². The van der Waals surface area contributed by atoms with Gasteiger partial charge in [0.05, 0.1) is 25.2 Å². The van der Waals surface area contributed by atoms with Crippen molar-refractivity contribution >= 4 is 11.7 Å². The van der Waals surface area contributed by atoms with Crippen LogP contribution >= 0.6 is 0 Å². The van der Waals surface area contributed by atoms with E-state index in [-0.39, 0.29) is 6.03 Å². The number of hydrogen-bond acceptors (Lipinski definition) is 4. The monoisotopic (exact) mass is 374 g/mol. The highest BCUT2D eigenvalue weighted by Gasteiger charge is 2.20. The van der Waals surface area contributed by atoms with E-state index in [1.165, 1.54) is 11.1 Å². The lowest BCUT2D eigenvalue weighted by Gasteiger charge is -2.20. The van der Waals surface area contributed by atoms with Crippen LogP contribution in [0.1, 0.15) is 11.1 Å². The van der Waals surface area contributed by atoms with E-state index in [2.05, 4.69) is 21.4 Å². The number of rotatable bonds is 3. The summed E-state index contributed by atoms with van der Waals surface area (Å²) in [5.41, 5.74) is 3.96. The van der Waals surface area contributed by atoms with Crippen LogP contribution in [-0.2, 0) is 12.8 Å². The summed E-state index contributed by atoms with van der Waals surface area (Å²) in [7, 11) is 1.68. The van der Waals surface area contributed by atoms with Crippen molar-refractivity contribution in [2.75, 3.05) is 25.5 Å². The third-order valence-corrected chi connectivity index (χ3v) is 4.96. The topological polar surface area (TPSA) is 67.3 Å². The third kappa shape index (κ3) is 3.81. The number of nitrogens with zero attached hydrogens (tertiary/aromatic N) is 3. The van der Waals surface area contributed by atoms with Gasteiger partial charge in [-0.25, -0.2) is 14.8 Å². The number of carbonyl (C=O) groups is 1. The van der Waals surface area contributed by atoms with Gasteiger partial charge in [0, 0.05) is 18.7 Å². The average Bonchev–Trinajstić information content (AvgIpc) is 2.97. The summed E-state index contributed by atoms with van der Waals surface area (Å²) >= 11 is 0. The number of anilines is 1. The molecule has 2 amide bonds. The number of fused-ring (bicyclic) bond motifs is 1. The number of urea groups is 1. The highest BCUT2D eigenvalue weighted by Crippen LogP contribution is 2.26. The van der Waals surface area contributed by atoms with Crippen LogP contribution < -0.4 is 10.1 Å². The zero-order valence-corrected chi connectivity index (χ0v) is 15.8. The van der Waals surface area contributed by atoms with Crippen molar-refractivity contribution in [3.05, 3.63) is 72.1 Å². The first-order chi connectivity index (χ1) is 13.7. The molecule has 0 bridgehead atoms. The van der Waals surface area contributed by atoms with E-state index in [0.717, 1.165) is 24.2 Å². The largest absolute Gasteiger partial charge is 0.496 e. The van der Waals surface area contributed by atoms with Crippen molar-refractivity contribution in [1.29, 1.82) is 0 Å². The van der Waals surface area contributed by atoms with Crippen LogP contribution in [-0.4, -0.2) is 41.1 Å². The average molecular weight is 374 g/mol. The fraction of sp³-hybridized carbons (Fsp3) is 0.227. The molecule has 0 saturated heterocycles. The van der Waals surface area contributed by atoms with E-state index >= 15 is 0 Å². The molecule has 4 rings (SSSR count). The molecule has 6 heteroatoms. The predicted molar refractivity (Wildman–Crippen MR) is 108 cm³/mol. The van der Waals surface area contributed by atoms with Gasteiger partial charge in [-0.3, -0.25) is 0 Å². The minimum atomic E-state index is -0.136. The molecule has 0 aliphatic carbocycles. The van der Waals surface area contributed by atoms with Gasteiger partial charge >= 0.3 is 6.03 Å². The molecule has 0 unspecified atom stereocenters. The molecule has 1 aliphatic heterocycles. The SMILES string of the molecule is COc1cccc2c1CCN(C(=O)Nc1cnc(-c3ccccc3)nc1)CC2. The first kappa shape index (κ1) is 18.0. The zero-order chi connectivity index (χ0) is 19.3. The Morgan fingerprint density at radius 3 is 2.50 bits per heavy atom. The van der Waals surface area contributed by atoms with E-state index in [1.807, 2.05) is 47.4 Å². The molecule has 1 N–H and O–H groups in total. The van der Waals surface area contributed by atoms with Crippen LogP contribution in [0.3, 0.4) is 0 Å². The molecule has 0 fully saturated rings. The lowest BCUT2D eigenvalue weighted by molar-refractivity contribution is 0.214. The summed E-state index contributed by atoms with van der Waals surface area (Å²) in [6.45, 7) is 1.30. The molecule has 6 nitrogen and oxygen atoms in total. The standard InChI is InChI=1S/C22H22N4O2/c1-28-20-9-5-8-16-10-12-26(13-11-19(16)20)22(27)25-18-14-23-21(24-15-18)17-6-3-2-4-7-17/h2-9,14-15H,10-13H2,1H3,(H,25,27). The fourth-order valence-corrected chi connectivity index (χ4v) is 3.47. The summed E-state index contributed by atoms with van der Waals surface area (Å²) in [6, 6.07) is 15.7. The molecule has 0 atom stereocenters.